The Bertz CT molecular complexity index is 3870. The van der Waals surface area contributed by atoms with Gasteiger partial charge in [-0.1, -0.05) is 121 Å². The zero-order chi connectivity index (χ0) is 42.8. The molecule has 0 atom stereocenters. The summed E-state index contributed by atoms with van der Waals surface area (Å²) >= 11 is 1.81. The minimum atomic E-state index is 0.610. The largest absolute Gasteiger partial charge is 0.264 e. The van der Waals surface area contributed by atoms with Crippen LogP contribution < -0.4 is 0 Å². The number of fused-ring (bicyclic) bond motifs is 7. The van der Waals surface area contributed by atoms with Gasteiger partial charge < -0.3 is 0 Å². The Morgan fingerprint density at radius 2 is 0.738 bits per heavy atom. The zero-order valence-electron chi connectivity index (χ0n) is 35.0. The van der Waals surface area contributed by atoms with Crippen molar-refractivity contribution in [3.05, 3.63) is 219 Å². The first kappa shape index (κ1) is 37.2. The summed E-state index contributed by atoms with van der Waals surface area (Å²) in [4.78, 5) is 20.2. The number of hydrogen-bond acceptors (Lipinski definition) is 5. The first-order valence-electron chi connectivity index (χ1n) is 21.8. The predicted molar refractivity (Wildman–Crippen MR) is 273 cm³/mol. The number of nitrogens with zero attached hydrogens (tertiary/aromatic N) is 4. The first-order chi connectivity index (χ1) is 32.1. The van der Waals surface area contributed by atoms with Crippen molar-refractivity contribution in [2.75, 3.05) is 0 Å². The van der Waals surface area contributed by atoms with Crippen molar-refractivity contribution in [3.8, 4) is 67.5 Å². The van der Waals surface area contributed by atoms with E-state index in [0.29, 0.717) is 17.5 Å². The SMILES string of the molecule is c1cncc(-c2ccc(-c3nc(-c4cc(-c5ccc6cc7ccccc7cc6c5)cc(-c5ccc6cc7ccccc7cc6c5)c4)nc(-c4ccc5sc6ccccc6c5c4)n3)cc2)c1. The number of pyridine rings is 1. The third-order valence-electron chi connectivity index (χ3n) is 12.7. The van der Waals surface area contributed by atoms with Crippen LogP contribution in [-0.4, -0.2) is 19.9 Å². The molecule has 0 fully saturated rings. The van der Waals surface area contributed by atoms with Crippen LogP contribution in [0.4, 0.5) is 0 Å². The van der Waals surface area contributed by atoms with E-state index >= 15 is 0 Å². The Kier molecular flexibility index (Phi) is 8.68. The second-order valence-corrected chi connectivity index (χ2v) is 17.8. The molecule has 0 radical (unpaired) electrons. The molecule has 0 aliphatic rings. The maximum absolute atomic E-state index is 5.35. The van der Waals surface area contributed by atoms with E-state index < -0.39 is 0 Å². The first-order valence-corrected chi connectivity index (χ1v) is 22.6. The van der Waals surface area contributed by atoms with Crippen LogP contribution in [0.25, 0.3) is 131 Å². The van der Waals surface area contributed by atoms with Crippen LogP contribution in [-0.2, 0) is 0 Å². The Hall–Kier alpha value is -8.38. The Morgan fingerprint density at radius 3 is 1.35 bits per heavy atom. The molecule has 5 heteroatoms. The average Bonchev–Trinajstić information content (AvgIpc) is 3.75. The van der Waals surface area contributed by atoms with Gasteiger partial charge in [-0.05, 0) is 161 Å². The summed E-state index contributed by atoms with van der Waals surface area (Å²) in [5.41, 5.74) is 9.31. The van der Waals surface area contributed by atoms with E-state index in [2.05, 4.69) is 205 Å². The molecule has 302 valence electrons. The molecular weight excluding hydrogens is 809 g/mol. The van der Waals surface area contributed by atoms with E-state index in [1.54, 1.807) is 6.20 Å². The van der Waals surface area contributed by atoms with Crippen molar-refractivity contribution in [1.82, 2.24) is 19.9 Å². The zero-order valence-corrected chi connectivity index (χ0v) is 35.8. The van der Waals surface area contributed by atoms with E-state index in [9.17, 15) is 0 Å². The molecule has 10 aromatic carbocycles. The number of aromatic nitrogens is 4. The van der Waals surface area contributed by atoms with Gasteiger partial charge in [0.1, 0.15) is 0 Å². The molecular formula is C60H36N4S. The highest BCUT2D eigenvalue weighted by Gasteiger charge is 2.17. The highest BCUT2D eigenvalue weighted by atomic mass is 32.1. The van der Waals surface area contributed by atoms with Gasteiger partial charge in [-0.3, -0.25) is 4.98 Å². The number of thiophene rings is 1. The van der Waals surface area contributed by atoms with Gasteiger partial charge in [-0.2, -0.15) is 0 Å². The van der Waals surface area contributed by atoms with Crippen molar-refractivity contribution in [2.24, 2.45) is 0 Å². The summed E-state index contributed by atoms with van der Waals surface area (Å²) in [5.74, 6) is 1.85. The molecule has 13 aromatic rings. The van der Waals surface area contributed by atoms with Gasteiger partial charge in [-0.25, -0.2) is 15.0 Å². The van der Waals surface area contributed by atoms with E-state index in [0.717, 1.165) is 50.1 Å². The normalized spacial score (nSPS) is 11.7. The van der Waals surface area contributed by atoms with Crippen molar-refractivity contribution >= 4 is 74.6 Å². The van der Waals surface area contributed by atoms with Crippen molar-refractivity contribution in [3.63, 3.8) is 0 Å². The monoisotopic (exact) mass is 844 g/mol. The lowest BCUT2D eigenvalue weighted by atomic mass is 9.92. The molecule has 0 amide bonds. The van der Waals surface area contributed by atoms with Gasteiger partial charge in [0.25, 0.3) is 0 Å². The quantitative estimate of drug-likeness (QED) is 0.156. The summed E-state index contributed by atoms with van der Waals surface area (Å²) in [6.07, 6.45) is 3.68. The molecule has 3 heterocycles. The molecule has 65 heavy (non-hydrogen) atoms. The highest BCUT2D eigenvalue weighted by molar-refractivity contribution is 7.25. The highest BCUT2D eigenvalue weighted by Crippen LogP contribution is 2.39. The lowest BCUT2D eigenvalue weighted by Gasteiger charge is -2.14. The minimum Gasteiger partial charge on any atom is -0.264 e. The molecule has 4 nitrogen and oxygen atoms in total. The number of hydrogen-bond donors (Lipinski definition) is 0. The fourth-order valence-corrected chi connectivity index (χ4v) is 10.4. The lowest BCUT2D eigenvalue weighted by molar-refractivity contribution is 1.07. The van der Waals surface area contributed by atoms with Crippen LogP contribution in [0, 0.1) is 0 Å². The topological polar surface area (TPSA) is 51.6 Å². The standard InChI is InChI=1S/C60H36N4S/c1-3-10-41-28-49-30-45(21-19-43(49)26-39(41)8-1)51-32-52(46-22-20-44-27-40-9-2-4-11-42(40)29-50(44)31-46)34-53(33-51)60-63-58(38-17-15-37(16-18-38)48-12-7-25-61-36-48)62-59(64-60)47-23-24-57-55(35-47)54-13-5-6-14-56(54)65-57/h1-36H. The van der Waals surface area contributed by atoms with Gasteiger partial charge in [-0.15, -0.1) is 11.3 Å². The van der Waals surface area contributed by atoms with Gasteiger partial charge in [0, 0.05) is 49.3 Å². The van der Waals surface area contributed by atoms with E-state index in [1.807, 2.05) is 23.6 Å². The Labute approximate surface area is 378 Å². The van der Waals surface area contributed by atoms with E-state index in [1.165, 1.54) is 63.3 Å². The molecule has 0 aliphatic heterocycles. The second kappa shape index (κ2) is 15.2. The fourth-order valence-electron chi connectivity index (χ4n) is 9.30. The average molecular weight is 845 g/mol. The minimum absolute atomic E-state index is 0.610. The van der Waals surface area contributed by atoms with Gasteiger partial charge >= 0.3 is 0 Å². The molecule has 0 aliphatic carbocycles. The maximum atomic E-state index is 5.35. The van der Waals surface area contributed by atoms with Gasteiger partial charge in [0.2, 0.25) is 0 Å². The second-order valence-electron chi connectivity index (χ2n) is 16.8. The molecule has 0 bridgehead atoms. The summed E-state index contributed by atoms with van der Waals surface area (Å²) in [6.45, 7) is 0. The van der Waals surface area contributed by atoms with Crippen LogP contribution in [0.1, 0.15) is 0 Å². The molecule has 0 N–H and O–H groups in total. The van der Waals surface area contributed by atoms with Gasteiger partial charge in [0.05, 0.1) is 0 Å². The Morgan fingerprint density at radius 1 is 0.262 bits per heavy atom. The van der Waals surface area contributed by atoms with Crippen molar-refractivity contribution in [2.45, 2.75) is 0 Å². The third kappa shape index (κ3) is 6.78. The smallest absolute Gasteiger partial charge is 0.164 e. The summed E-state index contributed by atoms with van der Waals surface area (Å²) in [6, 6.07) is 74.3. The molecule has 13 rings (SSSR count). The van der Waals surface area contributed by atoms with E-state index in [-0.39, 0.29) is 0 Å². The van der Waals surface area contributed by atoms with Crippen LogP contribution in [0.3, 0.4) is 0 Å². The maximum Gasteiger partial charge on any atom is 0.164 e. The lowest BCUT2D eigenvalue weighted by Crippen LogP contribution is -2.00. The third-order valence-corrected chi connectivity index (χ3v) is 13.8. The van der Waals surface area contributed by atoms with Gasteiger partial charge in [0.15, 0.2) is 17.5 Å². The number of benzene rings is 10. The molecule has 0 saturated carbocycles. The van der Waals surface area contributed by atoms with Crippen LogP contribution in [0.2, 0.25) is 0 Å². The predicted octanol–water partition coefficient (Wildman–Crippen LogP) is 16.2. The molecule has 0 spiro atoms. The fraction of sp³-hybridized carbons (Fsp3) is 0. The number of rotatable bonds is 6. The van der Waals surface area contributed by atoms with Crippen LogP contribution >= 0.6 is 11.3 Å². The van der Waals surface area contributed by atoms with Crippen molar-refractivity contribution in [1.29, 1.82) is 0 Å². The molecule has 3 aromatic heterocycles. The van der Waals surface area contributed by atoms with Crippen LogP contribution in [0.15, 0.2) is 219 Å². The Balaban J connectivity index is 1.02. The van der Waals surface area contributed by atoms with Crippen molar-refractivity contribution < 1.29 is 0 Å². The summed E-state index contributed by atoms with van der Waals surface area (Å²) < 4.78 is 2.50. The van der Waals surface area contributed by atoms with Crippen LogP contribution in [0.5, 0.6) is 0 Å². The molecule has 0 unspecified atom stereocenters. The molecule has 0 saturated heterocycles. The summed E-state index contributed by atoms with van der Waals surface area (Å²) in [5, 5.41) is 12.2. The van der Waals surface area contributed by atoms with E-state index in [4.69, 9.17) is 15.0 Å². The summed E-state index contributed by atoms with van der Waals surface area (Å²) in [7, 11) is 0.